The number of fused-ring (bicyclic) bond motifs is 1. The molecule has 2 heterocycles. The lowest BCUT2D eigenvalue weighted by atomic mass is 9.81. The molecular formula is C30H37ClN4O4. The van der Waals surface area contributed by atoms with E-state index < -0.39 is 24.1 Å². The third-order valence-corrected chi connectivity index (χ3v) is 8.30. The van der Waals surface area contributed by atoms with Gasteiger partial charge in [-0.15, -0.1) is 12.4 Å². The van der Waals surface area contributed by atoms with Crippen molar-refractivity contribution in [3.63, 3.8) is 0 Å². The van der Waals surface area contributed by atoms with Crippen LogP contribution in [0.2, 0.25) is 0 Å². The Morgan fingerprint density at radius 1 is 0.974 bits per heavy atom. The van der Waals surface area contributed by atoms with Crippen molar-refractivity contribution in [3.8, 4) is 0 Å². The molecule has 5 rings (SSSR count). The van der Waals surface area contributed by atoms with Crippen molar-refractivity contribution >= 4 is 41.1 Å². The lowest BCUT2D eigenvalue weighted by molar-refractivity contribution is -0.145. The molecule has 9 heteroatoms. The van der Waals surface area contributed by atoms with Crippen molar-refractivity contribution in [2.75, 3.05) is 13.2 Å². The van der Waals surface area contributed by atoms with Gasteiger partial charge in [-0.1, -0.05) is 48.5 Å². The van der Waals surface area contributed by atoms with Crippen molar-refractivity contribution in [2.24, 2.45) is 23.3 Å². The van der Waals surface area contributed by atoms with Crippen LogP contribution in [-0.4, -0.2) is 46.4 Å². The first-order valence-electron chi connectivity index (χ1n) is 13.6. The Hall–Kier alpha value is -3.36. The first-order valence-corrected chi connectivity index (χ1v) is 13.6. The second kappa shape index (κ2) is 12.2. The SMILES string of the molecule is CCOC(=O)c1cc2ccccc2n1C1C[C@@H](c2ccccc2)[C@@H](C(N)=O)N1C(=O)[C@H]1CC[C@H](CN)CC1.Cl. The fourth-order valence-electron chi connectivity index (χ4n) is 6.43. The van der Waals surface area contributed by atoms with Gasteiger partial charge in [0.15, 0.2) is 0 Å². The zero-order valence-corrected chi connectivity index (χ0v) is 23.0. The van der Waals surface area contributed by atoms with Gasteiger partial charge in [-0.25, -0.2) is 4.79 Å². The summed E-state index contributed by atoms with van der Waals surface area (Å²) in [5, 5.41) is 0.866. The largest absolute Gasteiger partial charge is 0.461 e. The molecule has 1 aliphatic carbocycles. The Balaban J connectivity index is 0.00000353. The van der Waals surface area contributed by atoms with Crippen molar-refractivity contribution in [3.05, 3.63) is 71.9 Å². The van der Waals surface area contributed by atoms with Crippen molar-refractivity contribution < 1.29 is 19.1 Å². The normalized spacial score (nSPS) is 24.8. The summed E-state index contributed by atoms with van der Waals surface area (Å²) < 4.78 is 7.30. The van der Waals surface area contributed by atoms with Crippen LogP contribution in [0.25, 0.3) is 10.9 Å². The highest BCUT2D eigenvalue weighted by Crippen LogP contribution is 2.46. The van der Waals surface area contributed by atoms with E-state index in [4.69, 9.17) is 16.2 Å². The van der Waals surface area contributed by atoms with Crippen molar-refractivity contribution in [1.29, 1.82) is 0 Å². The molecule has 1 aliphatic heterocycles. The number of carbonyl (C=O) groups is 3. The number of halogens is 1. The van der Waals surface area contributed by atoms with E-state index >= 15 is 0 Å². The average Bonchev–Trinajstić information content (AvgIpc) is 3.52. The number of hydrogen-bond acceptors (Lipinski definition) is 5. The van der Waals surface area contributed by atoms with Crippen LogP contribution in [0.4, 0.5) is 0 Å². The maximum absolute atomic E-state index is 14.3. The molecule has 0 bridgehead atoms. The first kappa shape index (κ1) is 28.6. The number of aromatic nitrogens is 1. The number of carbonyl (C=O) groups excluding carboxylic acids is 3. The maximum Gasteiger partial charge on any atom is 0.355 e. The summed E-state index contributed by atoms with van der Waals surface area (Å²) in [6.45, 7) is 2.61. The molecule has 39 heavy (non-hydrogen) atoms. The third-order valence-electron chi connectivity index (χ3n) is 8.30. The minimum Gasteiger partial charge on any atom is -0.461 e. The number of primary amides is 1. The zero-order chi connectivity index (χ0) is 26.8. The molecule has 1 unspecified atom stereocenters. The predicted molar refractivity (Wildman–Crippen MR) is 152 cm³/mol. The Labute approximate surface area is 235 Å². The van der Waals surface area contributed by atoms with Gasteiger partial charge in [0, 0.05) is 17.2 Å². The van der Waals surface area contributed by atoms with Crippen LogP contribution in [-0.2, 0) is 14.3 Å². The van der Waals surface area contributed by atoms with Gasteiger partial charge in [-0.05, 0) is 69.2 Å². The molecule has 8 nitrogen and oxygen atoms in total. The molecule has 2 aromatic carbocycles. The number of amides is 2. The quantitative estimate of drug-likeness (QED) is 0.421. The summed E-state index contributed by atoms with van der Waals surface area (Å²) in [6, 6.07) is 18.4. The van der Waals surface area contributed by atoms with E-state index in [9.17, 15) is 14.4 Å². The molecule has 2 amide bonds. The van der Waals surface area contributed by atoms with E-state index in [-0.39, 0.29) is 36.8 Å². The van der Waals surface area contributed by atoms with Gasteiger partial charge in [0.05, 0.1) is 12.1 Å². The van der Waals surface area contributed by atoms with Crippen LogP contribution in [0.15, 0.2) is 60.7 Å². The van der Waals surface area contributed by atoms with Crippen molar-refractivity contribution in [2.45, 2.75) is 57.2 Å². The number of ether oxygens (including phenoxy) is 1. The predicted octanol–water partition coefficient (Wildman–Crippen LogP) is 4.37. The fourth-order valence-corrected chi connectivity index (χ4v) is 6.43. The van der Waals surface area contributed by atoms with E-state index in [1.165, 1.54) is 0 Å². The fraction of sp³-hybridized carbons (Fsp3) is 0.433. The molecule has 1 saturated carbocycles. The number of nitrogens with zero attached hydrogens (tertiary/aromatic N) is 2. The van der Waals surface area contributed by atoms with Crippen LogP contribution >= 0.6 is 12.4 Å². The first-order chi connectivity index (χ1) is 18.4. The molecule has 3 aromatic rings. The minimum atomic E-state index is -0.835. The van der Waals surface area contributed by atoms with Gasteiger partial charge < -0.3 is 25.7 Å². The molecule has 3 atom stereocenters. The summed E-state index contributed by atoms with van der Waals surface area (Å²) >= 11 is 0. The molecular weight excluding hydrogens is 516 g/mol. The Morgan fingerprint density at radius 2 is 1.64 bits per heavy atom. The van der Waals surface area contributed by atoms with Gasteiger partial charge in [-0.3, -0.25) is 9.59 Å². The molecule has 208 valence electrons. The van der Waals surface area contributed by atoms with E-state index in [1.54, 1.807) is 17.9 Å². The molecule has 2 fully saturated rings. The Morgan fingerprint density at radius 3 is 2.28 bits per heavy atom. The van der Waals surface area contributed by atoms with Gasteiger partial charge in [0.25, 0.3) is 0 Å². The second-order valence-electron chi connectivity index (χ2n) is 10.5. The summed E-state index contributed by atoms with van der Waals surface area (Å²) in [4.78, 5) is 42.2. The highest BCUT2D eigenvalue weighted by atomic mass is 35.5. The van der Waals surface area contributed by atoms with Crippen LogP contribution in [0, 0.1) is 11.8 Å². The summed E-state index contributed by atoms with van der Waals surface area (Å²) in [5.74, 6) is -1.19. The van der Waals surface area contributed by atoms with Crippen molar-refractivity contribution in [1.82, 2.24) is 9.47 Å². The molecule has 1 saturated heterocycles. The third kappa shape index (κ3) is 5.40. The topological polar surface area (TPSA) is 121 Å². The van der Waals surface area contributed by atoms with Gasteiger partial charge >= 0.3 is 5.97 Å². The lowest BCUT2D eigenvalue weighted by Crippen LogP contribution is -2.50. The number of para-hydroxylation sites is 1. The molecule has 0 radical (unpaired) electrons. The van der Waals surface area contributed by atoms with Gasteiger partial charge in [0.1, 0.15) is 17.9 Å². The average molecular weight is 553 g/mol. The van der Waals surface area contributed by atoms with E-state index in [2.05, 4.69) is 0 Å². The number of benzene rings is 2. The highest BCUT2D eigenvalue weighted by Gasteiger charge is 2.50. The number of rotatable bonds is 7. The number of hydrogen-bond donors (Lipinski definition) is 2. The van der Waals surface area contributed by atoms with E-state index in [0.29, 0.717) is 24.6 Å². The van der Waals surface area contributed by atoms with E-state index in [0.717, 1.165) is 42.1 Å². The molecule has 4 N–H and O–H groups in total. The van der Waals surface area contributed by atoms with Gasteiger partial charge in [0.2, 0.25) is 11.8 Å². The van der Waals surface area contributed by atoms with Crippen LogP contribution in [0.1, 0.15) is 67.2 Å². The number of nitrogens with two attached hydrogens (primary N) is 2. The molecule has 2 aliphatic rings. The van der Waals surface area contributed by atoms with Crippen LogP contribution in [0.5, 0.6) is 0 Å². The zero-order valence-electron chi connectivity index (χ0n) is 22.2. The van der Waals surface area contributed by atoms with Crippen LogP contribution < -0.4 is 11.5 Å². The highest BCUT2D eigenvalue weighted by molar-refractivity contribution is 5.96. The molecule has 0 spiro atoms. The summed E-state index contributed by atoms with van der Waals surface area (Å²) in [5.41, 5.74) is 14.1. The second-order valence-corrected chi connectivity index (χ2v) is 10.5. The minimum absolute atomic E-state index is 0. The lowest BCUT2D eigenvalue weighted by Gasteiger charge is -2.36. The smallest absolute Gasteiger partial charge is 0.355 e. The standard InChI is InChI=1S/C30H36N4O4.ClH/c1-2-38-30(37)25-16-22-10-6-7-11-24(22)33(25)26-17-23(20-8-4-3-5-9-20)27(28(32)35)34(26)29(36)21-14-12-19(18-31)13-15-21;/h3-11,16,19,21,23,26-27H,2,12-15,17-18,31H2,1H3,(H2,32,35);1H/t19-,21-,23-,26?,27-;/m0./s1. The number of esters is 1. The summed E-state index contributed by atoms with van der Waals surface area (Å²) in [6.07, 6.45) is 3.10. The van der Waals surface area contributed by atoms with Gasteiger partial charge in [-0.2, -0.15) is 0 Å². The summed E-state index contributed by atoms with van der Waals surface area (Å²) in [7, 11) is 0. The number of likely N-dealkylation sites (tertiary alicyclic amines) is 1. The Kier molecular flexibility index (Phi) is 8.97. The van der Waals surface area contributed by atoms with E-state index in [1.807, 2.05) is 59.2 Å². The monoisotopic (exact) mass is 552 g/mol. The van der Waals surface area contributed by atoms with Crippen LogP contribution in [0.3, 0.4) is 0 Å². The Bertz CT molecular complexity index is 1320. The maximum atomic E-state index is 14.3. The molecule has 1 aromatic heterocycles.